The van der Waals surface area contributed by atoms with Gasteiger partial charge in [0.25, 0.3) is 0 Å². The second-order valence-electron chi connectivity index (χ2n) is 4.94. The monoisotopic (exact) mass is 271 g/mol. The molecule has 1 aliphatic heterocycles. The first kappa shape index (κ1) is 15.8. The van der Waals surface area contributed by atoms with Crippen LogP contribution in [0.5, 0.6) is 0 Å². The SMILES string of the molecule is O=C(O)NCCCCCCNC(=O)C1CCCCN1. The highest BCUT2D eigenvalue weighted by molar-refractivity contribution is 5.81. The van der Waals surface area contributed by atoms with E-state index >= 15 is 0 Å². The molecule has 0 aromatic rings. The fraction of sp³-hybridized carbons (Fsp3) is 0.846. The molecular formula is C13H25N3O3. The van der Waals surface area contributed by atoms with Crippen LogP contribution in [0.1, 0.15) is 44.9 Å². The molecule has 6 heteroatoms. The zero-order valence-electron chi connectivity index (χ0n) is 11.4. The fourth-order valence-corrected chi connectivity index (χ4v) is 2.21. The lowest BCUT2D eigenvalue weighted by Gasteiger charge is -2.22. The van der Waals surface area contributed by atoms with Crippen LogP contribution in [0.3, 0.4) is 0 Å². The van der Waals surface area contributed by atoms with Crippen molar-refractivity contribution in [3.8, 4) is 0 Å². The summed E-state index contributed by atoms with van der Waals surface area (Å²) < 4.78 is 0. The number of carbonyl (C=O) groups is 2. The average molecular weight is 271 g/mol. The van der Waals surface area contributed by atoms with Gasteiger partial charge >= 0.3 is 6.09 Å². The number of carboxylic acid groups (broad SMARTS) is 1. The van der Waals surface area contributed by atoms with E-state index in [2.05, 4.69) is 16.0 Å². The molecular weight excluding hydrogens is 246 g/mol. The molecule has 1 atom stereocenters. The molecule has 1 rings (SSSR count). The standard InChI is InChI=1S/C13H25N3O3/c17-12(11-7-3-6-8-14-11)15-9-4-1-2-5-10-16-13(18)19/h11,14,16H,1-10H2,(H,15,17)(H,18,19). The lowest BCUT2D eigenvalue weighted by Crippen LogP contribution is -2.46. The van der Waals surface area contributed by atoms with E-state index in [-0.39, 0.29) is 11.9 Å². The van der Waals surface area contributed by atoms with Crippen LogP contribution in [-0.4, -0.2) is 42.8 Å². The van der Waals surface area contributed by atoms with E-state index in [1.165, 1.54) is 0 Å². The Kier molecular flexibility index (Phi) is 7.97. The van der Waals surface area contributed by atoms with Gasteiger partial charge in [0.05, 0.1) is 6.04 Å². The molecule has 0 aromatic heterocycles. The first-order chi connectivity index (χ1) is 9.20. The van der Waals surface area contributed by atoms with E-state index in [1.54, 1.807) is 0 Å². The predicted molar refractivity (Wildman–Crippen MR) is 73.1 cm³/mol. The third-order valence-corrected chi connectivity index (χ3v) is 3.31. The van der Waals surface area contributed by atoms with Crippen molar-refractivity contribution in [1.82, 2.24) is 16.0 Å². The van der Waals surface area contributed by atoms with Crippen LogP contribution in [-0.2, 0) is 4.79 Å². The summed E-state index contributed by atoms with van der Waals surface area (Å²) in [5.41, 5.74) is 0. The number of unbranched alkanes of at least 4 members (excludes halogenated alkanes) is 3. The first-order valence-electron chi connectivity index (χ1n) is 7.18. The van der Waals surface area contributed by atoms with Crippen LogP contribution >= 0.6 is 0 Å². The number of piperidine rings is 1. The molecule has 1 aliphatic rings. The van der Waals surface area contributed by atoms with Crippen molar-refractivity contribution >= 4 is 12.0 Å². The maximum absolute atomic E-state index is 11.8. The second kappa shape index (κ2) is 9.61. The maximum Gasteiger partial charge on any atom is 0.404 e. The van der Waals surface area contributed by atoms with Crippen LogP contribution < -0.4 is 16.0 Å². The normalized spacial score (nSPS) is 18.8. The molecule has 19 heavy (non-hydrogen) atoms. The third-order valence-electron chi connectivity index (χ3n) is 3.31. The molecule has 1 unspecified atom stereocenters. The largest absolute Gasteiger partial charge is 0.465 e. The van der Waals surface area contributed by atoms with E-state index < -0.39 is 6.09 Å². The summed E-state index contributed by atoms with van der Waals surface area (Å²) in [5, 5.41) is 16.9. The van der Waals surface area contributed by atoms with Crippen molar-refractivity contribution in [1.29, 1.82) is 0 Å². The van der Waals surface area contributed by atoms with Crippen molar-refractivity contribution in [3.05, 3.63) is 0 Å². The Bertz CT molecular complexity index is 278. The quantitative estimate of drug-likeness (QED) is 0.497. The smallest absolute Gasteiger partial charge is 0.404 e. The summed E-state index contributed by atoms with van der Waals surface area (Å²) in [6.07, 6.45) is 6.06. The average Bonchev–Trinajstić information content (AvgIpc) is 2.42. The van der Waals surface area contributed by atoms with Gasteiger partial charge in [-0.3, -0.25) is 4.79 Å². The summed E-state index contributed by atoms with van der Waals surface area (Å²) in [4.78, 5) is 22.0. The number of rotatable bonds is 8. The van der Waals surface area contributed by atoms with Crippen LogP contribution in [0.15, 0.2) is 0 Å². The molecule has 0 bridgehead atoms. The van der Waals surface area contributed by atoms with Gasteiger partial charge in [-0.1, -0.05) is 19.3 Å². The number of amides is 2. The maximum atomic E-state index is 11.8. The second-order valence-corrected chi connectivity index (χ2v) is 4.94. The van der Waals surface area contributed by atoms with Crippen molar-refractivity contribution < 1.29 is 14.7 Å². The first-order valence-corrected chi connectivity index (χ1v) is 7.18. The molecule has 2 amide bonds. The molecule has 110 valence electrons. The Morgan fingerprint density at radius 3 is 2.32 bits per heavy atom. The molecule has 4 N–H and O–H groups in total. The highest BCUT2D eigenvalue weighted by Gasteiger charge is 2.19. The minimum atomic E-state index is -0.966. The Balaban J connectivity index is 1.89. The van der Waals surface area contributed by atoms with Gasteiger partial charge in [-0.2, -0.15) is 0 Å². The molecule has 0 aromatic carbocycles. The van der Waals surface area contributed by atoms with E-state index in [9.17, 15) is 9.59 Å². The number of hydrogen-bond donors (Lipinski definition) is 4. The van der Waals surface area contributed by atoms with Gasteiger partial charge in [0.15, 0.2) is 0 Å². The van der Waals surface area contributed by atoms with Crippen LogP contribution in [0, 0.1) is 0 Å². The van der Waals surface area contributed by atoms with Crippen molar-refractivity contribution in [2.45, 2.75) is 51.0 Å². The van der Waals surface area contributed by atoms with Gasteiger partial charge in [-0.15, -0.1) is 0 Å². The topological polar surface area (TPSA) is 90.5 Å². The molecule has 1 fully saturated rings. The van der Waals surface area contributed by atoms with E-state index in [1.807, 2.05) is 0 Å². The molecule has 0 saturated carbocycles. The Morgan fingerprint density at radius 2 is 1.74 bits per heavy atom. The van der Waals surface area contributed by atoms with Crippen molar-refractivity contribution in [2.24, 2.45) is 0 Å². The van der Waals surface area contributed by atoms with E-state index in [4.69, 9.17) is 5.11 Å². The molecule has 0 spiro atoms. The van der Waals surface area contributed by atoms with E-state index in [0.29, 0.717) is 13.1 Å². The Morgan fingerprint density at radius 1 is 1.05 bits per heavy atom. The summed E-state index contributed by atoms with van der Waals surface area (Å²) in [6.45, 7) is 2.16. The summed E-state index contributed by atoms with van der Waals surface area (Å²) in [7, 11) is 0. The zero-order chi connectivity index (χ0) is 13.9. The lowest BCUT2D eigenvalue weighted by atomic mass is 10.0. The van der Waals surface area contributed by atoms with Gasteiger partial charge in [-0.25, -0.2) is 4.79 Å². The third kappa shape index (κ3) is 7.66. The number of hydrogen-bond acceptors (Lipinski definition) is 3. The Hall–Kier alpha value is -1.30. The predicted octanol–water partition coefficient (Wildman–Crippen LogP) is 1.07. The highest BCUT2D eigenvalue weighted by atomic mass is 16.4. The molecule has 1 saturated heterocycles. The lowest BCUT2D eigenvalue weighted by molar-refractivity contribution is -0.123. The molecule has 0 aliphatic carbocycles. The van der Waals surface area contributed by atoms with E-state index in [0.717, 1.165) is 51.5 Å². The zero-order valence-corrected chi connectivity index (χ0v) is 11.4. The van der Waals surface area contributed by atoms with Crippen LogP contribution in [0.2, 0.25) is 0 Å². The minimum absolute atomic E-state index is 0.00600. The summed E-state index contributed by atoms with van der Waals surface area (Å²) >= 11 is 0. The van der Waals surface area contributed by atoms with Crippen molar-refractivity contribution in [3.63, 3.8) is 0 Å². The highest BCUT2D eigenvalue weighted by Crippen LogP contribution is 2.06. The van der Waals surface area contributed by atoms with Gasteiger partial charge in [-0.05, 0) is 32.2 Å². The van der Waals surface area contributed by atoms with Gasteiger partial charge in [0, 0.05) is 13.1 Å². The fourth-order valence-electron chi connectivity index (χ4n) is 2.21. The Labute approximate surface area is 114 Å². The summed E-state index contributed by atoms with van der Waals surface area (Å²) in [5.74, 6) is 0.118. The number of nitrogens with one attached hydrogen (secondary N) is 3. The van der Waals surface area contributed by atoms with Gasteiger partial charge in [0.2, 0.25) is 5.91 Å². The van der Waals surface area contributed by atoms with Crippen LogP contribution in [0.25, 0.3) is 0 Å². The number of carbonyl (C=O) groups excluding carboxylic acids is 1. The van der Waals surface area contributed by atoms with Gasteiger partial charge < -0.3 is 21.1 Å². The summed E-state index contributed by atoms with van der Waals surface area (Å²) in [6, 6.07) is -0.00600. The van der Waals surface area contributed by atoms with Crippen molar-refractivity contribution in [2.75, 3.05) is 19.6 Å². The molecule has 1 heterocycles. The molecule has 0 radical (unpaired) electrons. The van der Waals surface area contributed by atoms with Crippen LogP contribution in [0.4, 0.5) is 4.79 Å². The molecule has 6 nitrogen and oxygen atoms in total. The van der Waals surface area contributed by atoms with Gasteiger partial charge in [0.1, 0.15) is 0 Å². The minimum Gasteiger partial charge on any atom is -0.465 e.